The van der Waals surface area contributed by atoms with E-state index in [1.54, 1.807) is 7.11 Å². The lowest BCUT2D eigenvalue weighted by Gasteiger charge is -2.53. The minimum atomic E-state index is -5.00. The Balaban J connectivity index is 1.64. The molecule has 2 saturated carbocycles. The third-order valence-corrected chi connectivity index (χ3v) is 7.95. The molecule has 1 aromatic carbocycles. The second kappa shape index (κ2) is 6.78. The summed E-state index contributed by atoms with van der Waals surface area (Å²) in [5.41, 5.74) is 0.870. The summed E-state index contributed by atoms with van der Waals surface area (Å²) in [5, 5.41) is 0. The fourth-order valence-corrected chi connectivity index (χ4v) is 6.49. The van der Waals surface area contributed by atoms with Gasteiger partial charge in [0.25, 0.3) is 0 Å². The van der Waals surface area contributed by atoms with E-state index in [2.05, 4.69) is 18.7 Å². The molecule has 3 aliphatic rings. The number of carbonyl (C=O) groups is 1. The predicted octanol–water partition coefficient (Wildman–Crippen LogP) is 5.58. The Labute approximate surface area is 169 Å². The van der Waals surface area contributed by atoms with Gasteiger partial charge in [-0.15, -0.1) is 0 Å². The van der Waals surface area contributed by atoms with Crippen LogP contribution in [0.2, 0.25) is 0 Å². The maximum absolute atomic E-state index is 12.9. The van der Waals surface area contributed by atoms with Crippen molar-refractivity contribution in [2.24, 2.45) is 17.3 Å². The van der Waals surface area contributed by atoms with Crippen molar-refractivity contribution in [3.63, 3.8) is 0 Å². The van der Waals surface area contributed by atoms with Gasteiger partial charge in [-0.1, -0.05) is 19.6 Å². The summed E-state index contributed by atoms with van der Waals surface area (Å²) in [4.78, 5) is 11.7. The second-order valence-corrected chi connectivity index (χ2v) is 8.96. The molecule has 4 rings (SSSR count). The molecule has 0 spiro atoms. The maximum atomic E-state index is 12.9. The van der Waals surface area contributed by atoms with Crippen LogP contribution in [-0.4, -0.2) is 24.9 Å². The molecule has 0 unspecified atom stereocenters. The molecule has 3 aliphatic carbocycles. The molecular weight excluding hydrogens is 381 g/mol. The summed E-state index contributed by atoms with van der Waals surface area (Å²) in [5.74, 6) is -0.283. The van der Waals surface area contributed by atoms with Crippen LogP contribution in [-0.2, 0) is 16.0 Å². The minimum Gasteiger partial charge on any atom is -0.497 e. The number of methoxy groups -OCH3 is 1. The highest BCUT2D eigenvalue weighted by atomic mass is 19.4. The standard InChI is InChI=1S/C23H27F3O3/c1-4-22(29-20(27)23(24,25)26)12-10-19-18-7-5-14-13-15(28-3)6-8-16(14)17(18)9-11-21(19,22)2/h4,6,8,13,17-19H,1,5,7,9-12H2,2-3H3/t17-,18-,19+,21+,22+/m1/s1. The van der Waals surface area contributed by atoms with Crippen molar-refractivity contribution < 1.29 is 27.4 Å². The first kappa shape index (κ1) is 20.3. The number of aryl methyl sites for hydroxylation is 1. The first-order chi connectivity index (χ1) is 13.6. The summed E-state index contributed by atoms with van der Waals surface area (Å²) in [6, 6.07) is 6.24. The zero-order valence-electron chi connectivity index (χ0n) is 16.8. The number of halogens is 3. The summed E-state index contributed by atoms with van der Waals surface area (Å²) < 4.78 is 49.3. The topological polar surface area (TPSA) is 35.5 Å². The van der Waals surface area contributed by atoms with E-state index in [4.69, 9.17) is 9.47 Å². The number of esters is 1. The van der Waals surface area contributed by atoms with Gasteiger partial charge in [-0.3, -0.25) is 0 Å². The molecule has 5 atom stereocenters. The Hall–Kier alpha value is -1.98. The lowest BCUT2D eigenvalue weighted by atomic mass is 9.53. The van der Waals surface area contributed by atoms with E-state index in [0.717, 1.165) is 31.4 Å². The van der Waals surface area contributed by atoms with Crippen LogP contribution in [0.15, 0.2) is 30.9 Å². The van der Waals surface area contributed by atoms with Crippen molar-refractivity contribution in [1.82, 2.24) is 0 Å². The molecule has 0 bridgehead atoms. The number of benzene rings is 1. The highest BCUT2D eigenvalue weighted by Crippen LogP contribution is 2.65. The number of hydrogen-bond acceptors (Lipinski definition) is 3. The molecular formula is C23H27F3O3. The van der Waals surface area contributed by atoms with Crippen LogP contribution in [0.5, 0.6) is 5.75 Å². The Bertz CT molecular complexity index is 833. The van der Waals surface area contributed by atoms with Gasteiger partial charge >= 0.3 is 12.1 Å². The zero-order valence-corrected chi connectivity index (χ0v) is 16.8. The summed E-state index contributed by atoms with van der Waals surface area (Å²) in [6.07, 6.45) is 1.12. The normalized spacial score (nSPS) is 35.8. The van der Waals surface area contributed by atoms with Gasteiger partial charge in [-0.05, 0) is 85.6 Å². The quantitative estimate of drug-likeness (QED) is 0.484. The van der Waals surface area contributed by atoms with Crippen molar-refractivity contribution in [3.8, 4) is 5.75 Å². The first-order valence-electron chi connectivity index (χ1n) is 10.3. The van der Waals surface area contributed by atoms with E-state index in [1.165, 1.54) is 17.2 Å². The fraction of sp³-hybridized carbons (Fsp3) is 0.609. The average Bonchev–Trinajstić information content (AvgIpc) is 2.99. The summed E-state index contributed by atoms with van der Waals surface area (Å²) in [7, 11) is 1.66. The molecule has 0 radical (unpaired) electrons. The van der Waals surface area contributed by atoms with Gasteiger partial charge in [-0.25, -0.2) is 4.79 Å². The molecule has 3 nitrogen and oxygen atoms in total. The van der Waals surface area contributed by atoms with Gasteiger partial charge < -0.3 is 9.47 Å². The Morgan fingerprint density at radius 1 is 1.24 bits per heavy atom. The Kier molecular flexibility index (Phi) is 4.74. The van der Waals surface area contributed by atoms with Gasteiger partial charge in [0, 0.05) is 5.41 Å². The number of hydrogen-bond donors (Lipinski definition) is 0. The highest BCUT2D eigenvalue weighted by molar-refractivity contribution is 5.76. The number of alkyl halides is 3. The number of carbonyl (C=O) groups excluding carboxylic acids is 1. The number of fused-ring (bicyclic) bond motifs is 5. The number of rotatable bonds is 3. The zero-order chi connectivity index (χ0) is 21.0. The monoisotopic (exact) mass is 408 g/mol. The van der Waals surface area contributed by atoms with Crippen LogP contribution < -0.4 is 4.74 Å². The SMILES string of the molecule is C=C[C@]1(OC(=O)C(F)(F)F)CC[C@H]2[C@@H]3CCc4cc(OC)ccc4[C@H]3CC[C@@]21C. The molecule has 0 heterocycles. The van der Waals surface area contributed by atoms with Crippen LogP contribution in [0.25, 0.3) is 0 Å². The van der Waals surface area contributed by atoms with E-state index in [0.29, 0.717) is 24.7 Å². The maximum Gasteiger partial charge on any atom is 0.490 e. The summed E-state index contributed by atoms with van der Waals surface area (Å²) >= 11 is 0. The first-order valence-corrected chi connectivity index (χ1v) is 10.3. The second-order valence-electron chi connectivity index (χ2n) is 8.96. The van der Waals surface area contributed by atoms with Gasteiger partial charge in [0.1, 0.15) is 11.4 Å². The van der Waals surface area contributed by atoms with Gasteiger partial charge in [0.15, 0.2) is 0 Å². The van der Waals surface area contributed by atoms with Gasteiger partial charge in [0.2, 0.25) is 0 Å². The fourth-order valence-electron chi connectivity index (χ4n) is 6.49. The van der Waals surface area contributed by atoms with E-state index in [-0.39, 0.29) is 5.92 Å². The van der Waals surface area contributed by atoms with Crippen LogP contribution >= 0.6 is 0 Å². The lowest BCUT2D eigenvalue weighted by molar-refractivity contribution is -0.220. The molecule has 0 amide bonds. The lowest BCUT2D eigenvalue weighted by Crippen LogP contribution is -2.53. The minimum absolute atomic E-state index is 0.204. The number of ether oxygens (including phenoxy) is 2. The molecule has 29 heavy (non-hydrogen) atoms. The highest BCUT2D eigenvalue weighted by Gasteiger charge is 2.64. The van der Waals surface area contributed by atoms with Crippen molar-refractivity contribution in [2.75, 3.05) is 7.11 Å². The van der Waals surface area contributed by atoms with Gasteiger partial charge in [0.05, 0.1) is 7.11 Å². The molecule has 1 aromatic rings. The molecule has 0 aliphatic heterocycles. The molecule has 0 N–H and O–H groups in total. The van der Waals surface area contributed by atoms with Crippen molar-refractivity contribution in [1.29, 1.82) is 0 Å². The van der Waals surface area contributed by atoms with E-state index < -0.39 is 23.2 Å². The van der Waals surface area contributed by atoms with E-state index in [9.17, 15) is 18.0 Å². The molecule has 0 saturated heterocycles. The third-order valence-electron chi connectivity index (χ3n) is 7.95. The van der Waals surface area contributed by atoms with Crippen molar-refractivity contribution in [3.05, 3.63) is 42.0 Å². The average molecular weight is 408 g/mol. The van der Waals surface area contributed by atoms with E-state index in [1.807, 2.05) is 13.0 Å². The summed E-state index contributed by atoms with van der Waals surface area (Å²) in [6.45, 7) is 5.78. The van der Waals surface area contributed by atoms with Crippen molar-refractivity contribution >= 4 is 5.97 Å². The predicted molar refractivity (Wildman–Crippen MR) is 103 cm³/mol. The van der Waals surface area contributed by atoms with Crippen LogP contribution in [0.4, 0.5) is 13.2 Å². The van der Waals surface area contributed by atoms with E-state index >= 15 is 0 Å². The van der Waals surface area contributed by atoms with Crippen LogP contribution in [0.3, 0.4) is 0 Å². The molecule has 2 fully saturated rings. The van der Waals surface area contributed by atoms with Crippen LogP contribution in [0.1, 0.15) is 56.1 Å². The molecule has 0 aromatic heterocycles. The van der Waals surface area contributed by atoms with Gasteiger partial charge in [-0.2, -0.15) is 13.2 Å². The Morgan fingerprint density at radius 2 is 2.00 bits per heavy atom. The molecule has 158 valence electrons. The van der Waals surface area contributed by atoms with Crippen molar-refractivity contribution in [2.45, 2.75) is 63.1 Å². The third kappa shape index (κ3) is 2.98. The van der Waals surface area contributed by atoms with Crippen LogP contribution in [0, 0.1) is 17.3 Å². The largest absolute Gasteiger partial charge is 0.497 e. The molecule has 6 heteroatoms. The Morgan fingerprint density at radius 3 is 2.66 bits per heavy atom. The smallest absolute Gasteiger partial charge is 0.490 e.